The number of aliphatic imine (C=N–C) groups is 1. The molecule has 0 aliphatic carbocycles. The van der Waals surface area contributed by atoms with Crippen molar-refractivity contribution in [2.45, 2.75) is 0 Å². The molecule has 26 heavy (non-hydrogen) atoms. The molecule has 0 spiro atoms. The number of rotatable bonds is 0. The Balaban J connectivity index is 0.00000168. The van der Waals surface area contributed by atoms with Crippen LogP contribution in [0.15, 0.2) is 64.6 Å². The van der Waals surface area contributed by atoms with Crippen LogP contribution in [-0.2, 0) is 16.5 Å². The maximum atomic E-state index is 8.16. The topological polar surface area (TPSA) is 79.8 Å². The molecule has 4 N–H and O–H groups in total. The van der Waals surface area contributed by atoms with E-state index in [-0.39, 0.29) is 16.5 Å². The Bertz CT molecular complexity index is 1180. The fourth-order valence-electron chi connectivity index (χ4n) is 3.08. The minimum absolute atomic E-state index is 0. The molecule has 0 fully saturated rings. The first-order valence-electron chi connectivity index (χ1n) is 8.07. The third kappa shape index (κ3) is 3.07. The predicted molar refractivity (Wildman–Crippen MR) is 101 cm³/mol. The molecule has 2 aromatic heterocycles. The first-order chi connectivity index (χ1) is 12.2. The van der Waals surface area contributed by atoms with Gasteiger partial charge in [0.1, 0.15) is 0 Å². The monoisotopic (exact) mass is 383 g/mol. The van der Waals surface area contributed by atoms with Gasteiger partial charge in [-0.15, -0.1) is 0 Å². The largest absolute Gasteiger partial charge is 0.355 e. The smallest absolute Gasteiger partial charge is 0.0796 e. The van der Waals surface area contributed by atoms with Crippen LogP contribution in [0.1, 0.15) is 11.4 Å². The van der Waals surface area contributed by atoms with Crippen molar-refractivity contribution in [3.05, 3.63) is 81.7 Å². The van der Waals surface area contributed by atoms with Crippen molar-refractivity contribution in [2.75, 3.05) is 0 Å². The maximum Gasteiger partial charge on any atom is 0.0796 e. The van der Waals surface area contributed by atoms with Gasteiger partial charge in [-0.25, -0.2) is 4.99 Å². The number of nitrogens with one attached hydrogen (secondary N) is 4. The van der Waals surface area contributed by atoms with E-state index in [2.05, 4.69) is 20.3 Å². The molecule has 3 aliphatic heterocycles. The zero-order valence-corrected chi connectivity index (χ0v) is 14.6. The van der Waals surface area contributed by atoms with Crippen molar-refractivity contribution in [3.63, 3.8) is 0 Å². The summed E-state index contributed by atoms with van der Waals surface area (Å²) in [7, 11) is 0. The molecule has 5 rings (SSSR count). The quantitative estimate of drug-likeness (QED) is 0.514. The predicted octanol–water partition coefficient (Wildman–Crippen LogP) is 1.81. The second-order valence-corrected chi connectivity index (χ2v) is 6.16. The molecular weight excluding hydrogens is 369 g/mol. The molecule has 0 aromatic carbocycles. The molecule has 130 valence electrons. The molecule has 5 nitrogen and oxygen atoms in total. The van der Waals surface area contributed by atoms with Gasteiger partial charge in [0.15, 0.2) is 0 Å². The van der Waals surface area contributed by atoms with E-state index in [1.54, 1.807) is 0 Å². The van der Waals surface area contributed by atoms with Crippen LogP contribution >= 0.6 is 0 Å². The average molecular weight is 384 g/mol. The summed E-state index contributed by atoms with van der Waals surface area (Å²) < 4.78 is 0. The third-order valence-electron chi connectivity index (χ3n) is 4.23. The molecule has 6 heteroatoms. The average Bonchev–Trinajstić information content (AvgIpc) is 3.33. The summed E-state index contributed by atoms with van der Waals surface area (Å²) >= 11 is 0. The van der Waals surface area contributed by atoms with Crippen LogP contribution < -0.4 is 16.0 Å². The van der Waals surface area contributed by atoms with Gasteiger partial charge in [0.25, 0.3) is 0 Å². The van der Waals surface area contributed by atoms with E-state index >= 15 is 0 Å². The molecule has 0 saturated carbocycles. The summed E-state index contributed by atoms with van der Waals surface area (Å²) in [6.07, 6.45) is 13.8. The molecular formula is C20H15N5Ni. The number of hydrogen-bond donors (Lipinski definition) is 4. The van der Waals surface area contributed by atoms with Crippen molar-refractivity contribution in [2.24, 2.45) is 4.99 Å². The Labute approximate surface area is 159 Å². The standard InChI is InChI=1S/C20H15N5.Ni/c21-19-10-18-9-16-4-3-14(23-16)7-12-1-2-13(22-12)8-15-5-6-17(24-15)11-20(19)25-18;/h1-11,21,23-25H;. The minimum atomic E-state index is 0. The van der Waals surface area contributed by atoms with Crippen molar-refractivity contribution in [3.8, 4) is 0 Å². The summed E-state index contributed by atoms with van der Waals surface area (Å²) in [6, 6.07) is 8.06. The van der Waals surface area contributed by atoms with E-state index < -0.39 is 0 Å². The Morgan fingerprint density at radius 2 is 1.54 bits per heavy atom. The zero-order chi connectivity index (χ0) is 16.8. The Morgan fingerprint density at radius 3 is 2.38 bits per heavy atom. The number of H-pyrrole nitrogens is 2. The zero-order valence-electron chi connectivity index (χ0n) is 13.6. The van der Waals surface area contributed by atoms with Gasteiger partial charge in [0.05, 0.1) is 22.8 Å². The number of aromatic nitrogens is 2. The van der Waals surface area contributed by atoms with E-state index in [1.807, 2.05) is 66.8 Å². The van der Waals surface area contributed by atoms with E-state index in [0.717, 1.165) is 44.9 Å². The van der Waals surface area contributed by atoms with E-state index in [0.29, 0.717) is 5.71 Å². The van der Waals surface area contributed by atoms with Gasteiger partial charge in [-0.2, -0.15) is 0 Å². The van der Waals surface area contributed by atoms with Crippen molar-refractivity contribution in [1.29, 1.82) is 5.41 Å². The molecule has 0 unspecified atom stereocenters. The fraction of sp³-hybridized carbons (Fsp3) is 0. The van der Waals surface area contributed by atoms with Crippen LogP contribution in [0, 0.1) is 5.41 Å². The van der Waals surface area contributed by atoms with Crippen LogP contribution in [0.4, 0.5) is 0 Å². The van der Waals surface area contributed by atoms with Gasteiger partial charge in [0, 0.05) is 44.3 Å². The van der Waals surface area contributed by atoms with Crippen molar-refractivity contribution in [1.82, 2.24) is 15.3 Å². The minimum Gasteiger partial charge on any atom is -0.355 e. The van der Waals surface area contributed by atoms with Crippen LogP contribution in [-0.4, -0.2) is 21.4 Å². The molecule has 0 atom stereocenters. The fourth-order valence-corrected chi connectivity index (χ4v) is 3.08. The Kier molecular flexibility index (Phi) is 3.98. The first-order valence-corrected chi connectivity index (χ1v) is 8.07. The van der Waals surface area contributed by atoms with Crippen molar-refractivity contribution < 1.29 is 16.5 Å². The number of hydrogen-bond acceptors (Lipinski definition) is 3. The second-order valence-electron chi connectivity index (χ2n) is 6.16. The molecule has 2 aromatic rings. The van der Waals surface area contributed by atoms with Crippen molar-refractivity contribution >= 4 is 35.7 Å². The maximum absolute atomic E-state index is 8.16. The first kappa shape index (κ1) is 16.4. The normalized spacial score (nSPS) is 17.2. The summed E-state index contributed by atoms with van der Waals surface area (Å²) in [6.45, 7) is 0. The van der Waals surface area contributed by atoms with Gasteiger partial charge in [-0.1, -0.05) is 0 Å². The third-order valence-corrected chi connectivity index (χ3v) is 4.23. The molecule has 0 amide bonds. The molecule has 8 bridgehead atoms. The number of nitrogens with zero attached hydrogens (tertiary/aromatic N) is 1. The number of fused-ring (bicyclic) bond motifs is 7. The van der Waals surface area contributed by atoms with Gasteiger partial charge in [-0.3, -0.25) is 5.41 Å². The molecule has 5 heterocycles. The van der Waals surface area contributed by atoms with Gasteiger partial charge >= 0.3 is 0 Å². The van der Waals surface area contributed by atoms with Gasteiger partial charge in [-0.05, 0) is 66.8 Å². The van der Waals surface area contributed by atoms with Crippen LogP contribution in [0.3, 0.4) is 0 Å². The summed E-state index contributed by atoms with van der Waals surface area (Å²) in [5.74, 6) is 0. The number of allylic oxidation sites excluding steroid dienone is 4. The molecule has 0 saturated heterocycles. The SMILES string of the molecule is N=C1C=C2C=c3ccc([nH]3)=CC3=NC(=Cc4ccc([nH]4)C=C1N2)C=C3.[Ni]. The Morgan fingerprint density at radius 1 is 0.769 bits per heavy atom. The Hall–Kier alpha value is -3.11. The molecule has 3 aliphatic rings. The van der Waals surface area contributed by atoms with Gasteiger partial charge < -0.3 is 15.3 Å². The van der Waals surface area contributed by atoms with E-state index in [1.165, 1.54) is 0 Å². The second kappa shape index (κ2) is 6.32. The van der Waals surface area contributed by atoms with Crippen LogP contribution in [0.2, 0.25) is 0 Å². The summed E-state index contributed by atoms with van der Waals surface area (Å²) in [5.41, 5.74) is 5.89. The van der Waals surface area contributed by atoms with Crippen LogP contribution in [0.5, 0.6) is 0 Å². The molecule has 0 radical (unpaired) electrons. The summed E-state index contributed by atoms with van der Waals surface area (Å²) in [4.78, 5) is 11.3. The number of aromatic amines is 2. The van der Waals surface area contributed by atoms with E-state index in [9.17, 15) is 0 Å². The van der Waals surface area contributed by atoms with Crippen LogP contribution in [0.25, 0.3) is 24.3 Å². The van der Waals surface area contributed by atoms with Gasteiger partial charge in [0.2, 0.25) is 0 Å². The summed E-state index contributed by atoms with van der Waals surface area (Å²) in [5, 5.41) is 13.4. The van der Waals surface area contributed by atoms with E-state index in [4.69, 9.17) is 5.41 Å².